The molecule has 5 heterocycles. The van der Waals surface area contributed by atoms with Crippen LogP contribution in [0.1, 0.15) is 24.8 Å². The van der Waals surface area contributed by atoms with Gasteiger partial charge in [-0.3, -0.25) is 9.69 Å². The Morgan fingerprint density at radius 1 is 1.21 bits per heavy atom. The number of ether oxygens (including phenoxy) is 3. The van der Waals surface area contributed by atoms with Crippen LogP contribution in [0, 0.1) is 11.8 Å². The van der Waals surface area contributed by atoms with Gasteiger partial charge < -0.3 is 19.1 Å². The zero-order valence-electron chi connectivity index (χ0n) is 16.9. The number of piperidine rings is 2. The van der Waals surface area contributed by atoms with Crippen molar-refractivity contribution in [2.45, 2.75) is 42.9 Å². The molecular formula is C23H26N2O4. The van der Waals surface area contributed by atoms with Gasteiger partial charge in [0.25, 0.3) is 0 Å². The first-order chi connectivity index (χ1) is 14.2. The molecule has 0 aromatic heterocycles. The summed E-state index contributed by atoms with van der Waals surface area (Å²) in [6.07, 6.45) is 5.11. The molecule has 1 aromatic rings. The van der Waals surface area contributed by atoms with Crippen molar-refractivity contribution in [3.05, 3.63) is 29.3 Å². The Labute approximate surface area is 170 Å². The number of fused-ring (bicyclic) bond motifs is 2. The first kappa shape index (κ1) is 16.7. The van der Waals surface area contributed by atoms with Crippen molar-refractivity contribution in [3.8, 4) is 11.5 Å². The van der Waals surface area contributed by atoms with Gasteiger partial charge in [-0.2, -0.15) is 0 Å². The van der Waals surface area contributed by atoms with Gasteiger partial charge in [-0.1, -0.05) is 11.6 Å². The topological polar surface area (TPSA) is 51.2 Å². The Morgan fingerprint density at radius 3 is 2.86 bits per heavy atom. The summed E-state index contributed by atoms with van der Waals surface area (Å²) in [6.45, 7) is 2.80. The number of rotatable bonds is 2. The fourth-order valence-electron chi connectivity index (χ4n) is 7.87. The fourth-order valence-corrected chi connectivity index (χ4v) is 7.87. The summed E-state index contributed by atoms with van der Waals surface area (Å²) in [5.41, 5.74) is 3.85. The van der Waals surface area contributed by atoms with Gasteiger partial charge in [0, 0.05) is 30.0 Å². The molecule has 1 aromatic carbocycles. The third kappa shape index (κ3) is 1.76. The van der Waals surface area contributed by atoms with Crippen molar-refractivity contribution in [2.75, 3.05) is 38.8 Å². The molecule has 1 spiro atoms. The number of hydrogen-bond donors (Lipinski definition) is 0. The number of anilines is 1. The van der Waals surface area contributed by atoms with E-state index in [0.29, 0.717) is 36.7 Å². The van der Waals surface area contributed by atoms with Crippen molar-refractivity contribution < 1.29 is 19.0 Å². The van der Waals surface area contributed by atoms with Crippen LogP contribution in [0.4, 0.5) is 5.69 Å². The molecule has 3 saturated heterocycles. The van der Waals surface area contributed by atoms with Crippen LogP contribution in [0.5, 0.6) is 11.5 Å². The lowest BCUT2D eigenvalue weighted by atomic mass is 9.53. The molecule has 6 nitrogen and oxygen atoms in total. The van der Waals surface area contributed by atoms with E-state index < -0.39 is 0 Å². The molecule has 5 aliphatic heterocycles. The Bertz CT molecular complexity index is 974. The van der Waals surface area contributed by atoms with Gasteiger partial charge in [-0.25, -0.2) is 0 Å². The second kappa shape index (κ2) is 5.35. The summed E-state index contributed by atoms with van der Waals surface area (Å²) >= 11 is 0. The van der Waals surface area contributed by atoms with Gasteiger partial charge in [-0.15, -0.1) is 0 Å². The molecule has 6 heteroatoms. The molecule has 2 bridgehead atoms. The smallest absolute Gasteiger partial charge is 0.229 e. The average Bonchev–Trinajstić information content (AvgIpc) is 3.20. The number of hydrogen-bond acceptors (Lipinski definition) is 5. The van der Waals surface area contributed by atoms with Crippen LogP contribution >= 0.6 is 0 Å². The largest absolute Gasteiger partial charge is 0.493 e. The van der Waals surface area contributed by atoms with Crippen LogP contribution in [-0.2, 0) is 14.9 Å². The zero-order valence-corrected chi connectivity index (χ0v) is 16.9. The van der Waals surface area contributed by atoms with Gasteiger partial charge in [-0.05, 0) is 36.9 Å². The second-order valence-electron chi connectivity index (χ2n) is 9.48. The van der Waals surface area contributed by atoms with Gasteiger partial charge in [0.2, 0.25) is 5.91 Å². The molecule has 0 unspecified atom stereocenters. The molecule has 6 aliphatic rings. The SMILES string of the molecule is COc1cc2c(cc1OC)[C@]13CCN4CC5=CCO[C@@H]6CC(=O)N2[C@@H]1[C@@H]6[C@H]5C[C@H]43. The first-order valence-electron chi connectivity index (χ1n) is 10.8. The van der Waals surface area contributed by atoms with Gasteiger partial charge in [0.15, 0.2) is 11.5 Å². The molecule has 1 aliphatic carbocycles. The zero-order chi connectivity index (χ0) is 19.5. The minimum absolute atomic E-state index is 0.0242. The van der Waals surface area contributed by atoms with E-state index in [2.05, 4.69) is 21.9 Å². The summed E-state index contributed by atoms with van der Waals surface area (Å²) in [4.78, 5) is 18.3. The fraction of sp³-hybridized carbons (Fsp3) is 0.609. The van der Waals surface area contributed by atoms with Gasteiger partial charge in [0.05, 0.1) is 45.1 Å². The molecule has 29 heavy (non-hydrogen) atoms. The highest BCUT2D eigenvalue weighted by Crippen LogP contribution is 2.66. The standard InChI is InChI=1S/C23H26N2O4/c1-27-16-8-14-15(9-17(16)28-2)25-20(26)10-18-21-13-7-19-23(14,22(21)25)4-5-24(19)11-12(13)3-6-29-18/h3,8-9,13,18-19,21-22H,4-7,10-11H2,1-2H3/t13-,18+,19-,21+,22+,23-/m0/s1. The predicted molar refractivity (Wildman–Crippen MR) is 107 cm³/mol. The number of carbonyl (C=O) groups is 1. The van der Waals surface area contributed by atoms with Gasteiger partial charge >= 0.3 is 0 Å². The molecule has 1 amide bonds. The van der Waals surface area contributed by atoms with Gasteiger partial charge in [0.1, 0.15) is 0 Å². The lowest BCUT2D eigenvalue weighted by Crippen LogP contribution is -2.69. The molecule has 152 valence electrons. The van der Waals surface area contributed by atoms with Crippen LogP contribution in [0.25, 0.3) is 0 Å². The maximum Gasteiger partial charge on any atom is 0.229 e. The van der Waals surface area contributed by atoms with Crippen LogP contribution in [0.2, 0.25) is 0 Å². The summed E-state index contributed by atoms with van der Waals surface area (Å²) in [5, 5.41) is 0. The van der Waals surface area contributed by atoms with Crippen LogP contribution < -0.4 is 14.4 Å². The number of nitrogens with zero attached hydrogens (tertiary/aromatic N) is 2. The molecule has 0 N–H and O–H groups in total. The van der Waals surface area contributed by atoms with Crippen molar-refractivity contribution in [3.63, 3.8) is 0 Å². The van der Waals surface area contributed by atoms with Crippen molar-refractivity contribution in [2.24, 2.45) is 11.8 Å². The predicted octanol–water partition coefficient (Wildman–Crippen LogP) is 2.11. The lowest BCUT2D eigenvalue weighted by Gasteiger charge is -2.58. The normalized spacial score (nSPS) is 41.0. The quantitative estimate of drug-likeness (QED) is 0.719. The van der Waals surface area contributed by atoms with E-state index in [4.69, 9.17) is 14.2 Å². The number of benzene rings is 1. The van der Waals surface area contributed by atoms with E-state index in [0.717, 1.165) is 30.9 Å². The average molecular weight is 394 g/mol. The highest BCUT2D eigenvalue weighted by molar-refractivity contribution is 5.99. The third-order valence-corrected chi connectivity index (χ3v) is 8.81. The number of carbonyl (C=O) groups excluding carboxylic acids is 1. The highest BCUT2D eigenvalue weighted by Gasteiger charge is 2.71. The molecule has 4 fully saturated rings. The van der Waals surface area contributed by atoms with Crippen molar-refractivity contribution in [1.82, 2.24) is 4.90 Å². The highest BCUT2D eigenvalue weighted by atomic mass is 16.5. The van der Waals surface area contributed by atoms with Crippen molar-refractivity contribution in [1.29, 1.82) is 0 Å². The summed E-state index contributed by atoms with van der Waals surface area (Å²) in [5.74, 6) is 2.57. The maximum atomic E-state index is 13.5. The first-order valence-corrected chi connectivity index (χ1v) is 10.8. The van der Waals surface area contributed by atoms with Crippen molar-refractivity contribution >= 4 is 11.6 Å². The minimum atomic E-state index is -0.0242. The van der Waals surface area contributed by atoms with Crippen LogP contribution in [-0.4, -0.2) is 62.9 Å². The van der Waals surface area contributed by atoms with E-state index in [-0.39, 0.29) is 23.5 Å². The number of amides is 1. The Kier molecular flexibility index (Phi) is 3.08. The van der Waals surface area contributed by atoms with E-state index in [1.54, 1.807) is 19.8 Å². The molecule has 1 saturated carbocycles. The van der Waals surface area contributed by atoms with Crippen LogP contribution in [0.15, 0.2) is 23.8 Å². The van der Waals surface area contributed by atoms with E-state index in [1.807, 2.05) is 6.07 Å². The maximum absolute atomic E-state index is 13.5. The summed E-state index contributed by atoms with van der Waals surface area (Å²) < 4.78 is 17.6. The summed E-state index contributed by atoms with van der Waals surface area (Å²) in [6, 6.07) is 4.87. The van der Waals surface area contributed by atoms with E-state index in [1.165, 1.54) is 12.0 Å². The minimum Gasteiger partial charge on any atom is -0.493 e. The Balaban J connectivity index is 1.52. The lowest BCUT2D eigenvalue weighted by molar-refractivity contribution is -0.132. The molecule has 0 radical (unpaired) electrons. The van der Waals surface area contributed by atoms with Crippen LogP contribution in [0.3, 0.4) is 0 Å². The monoisotopic (exact) mass is 394 g/mol. The molecular weight excluding hydrogens is 368 g/mol. The Hall–Kier alpha value is -2.05. The van der Waals surface area contributed by atoms with E-state index >= 15 is 0 Å². The van der Waals surface area contributed by atoms with E-state index in [9.17, 15) is 4.79 Å². The number of methoxy groups -OCH3 is 2. The molecule has 7 rings (SSSR count). The molecule has 6 atom stereocenters. The second-order valence-corrected chi connectivity index (χ2v) is 9.48. The third-order valence-electron chi connectivity index (χ3n) is 8.81. The Morgan fingerprint density at radius 2 is 2.03 bits per heavy atom. The summed E-state index contributed by atoms with van der Waals surface area (Å²) in [7, 11) is 3.36.